The van der Waals surface area contributed by atoms with E-state index >= 15 is 0 Å². The number of hydrogen-bond donors (Lipinski definition) is 1. The lowest BCUT2D eigenvalue weighted by Gasteiger charge is -2.23. The Bertz CT molecular complexity index is 463. The second-order valence-corrected chi connectivity index (χ2v) is 5.56. The molecule has 3 nitrogen and oxygen atoms in total. The molecule has 0 aliphatic heterocycles. The Labute approximate surface area is 113 Å². The Balaban J connectivity index is 2.15. The van der Waals surface area contributed by atoms with Crippen molar-refractivity contribution in [3.8, 4) is 0 Å². The van der Waals surface area contributed by atoms with Crippen molar-refractivity contribution in [1.29, 1.82) is 0 Å². The van der Waals surface area contributed by atoms with E-state index in [-0.39, 0.29) is 0 Å². The first kappa shape index (κ1) is 13.8. The minimum absolute atomic E-state index is 0.309. The molecular formula is C16H20O3. The maximum atomic E-state index is 11.5. The van der Waals surface area contributed by atoms with E-state index in [4.69, 9.17) is 0 Å². The number of aliphatic carboxylic acids is 1. The number of carbonyl (C=O) groups is 2. The van der Waals surface area contributed by atoms with Crippen LogP contribution in [0.3, 0.4) is 0 Å². The molecule has 2 rings (SSSR count). The van der Waals surface area contributed by atoms with Crippen molar-refractivity contribution >= 4 is 12.3 Å². The van der Waals surface area contributed by atoms with Gasteiger partial charge in [0.15, 0.2) is 0 Å². The van der Waals surface area contributed by atoms with E-state index in [9.17, 15) is 14.7 Å². The third-order valence-electron chi connectivity index (χ3n) is 4.33. The molecule has 1 aromatic rings. The maximum Gasteiger partial charge on any atom is 0.309 e. The standard InChI is InChI=1S/C16H20O3/c1-2-8-16(15(18)19)9-7-14(10-16)13-5-3-12(11-17)4-6-13/h3-6,11,14H,2,7-10H2,1H3,(H,18,19). The molecule has 0 radical (unpaired) electrons. The lowest BCUT2D eigenvalue weighted by molar-refractivity contribution is -0.149. The average molecular weight is 260 g/mol. The van der Waals surface area contributed by atoms with Crippen LogP contribution in [0.2, 0.25) is 0 Å². The van der Waals surface area contributed by atoms with Crippen molar-refractivity contribution in [2.24, 2.45) is 5.41 Å². The van der Waals surface area contributed by atoms with Gasteiger partial charge in [0, 0.05) is 5.56 Å². The lowest BCUT2D eigenvalue weighted by Crippen LogP contribution is -2.27. The quantitative estimate of drug-likeness (QED) is 0.822. The summed E-state index contributed by atoms with van der Waals surface area (Å²) in [5.74, 6) is -0.343. The first-order valence-corrected chi connectivity index (χ1v) is 6.90. The molecule has 102 valence electrons. The number of rotatable bonds is 5. The number of hydrogen-bond acceptors (Lipinski definition) is 2. The van der Waals surface area contributed by atoms with Gasteiger partial charge >= 0.3 is 5.97 Å². The highest BCUT2D eigenvalue weighted by Gasteiger charge is 2.44. The number of carbonyl (C=O) groups excluding carboxylic acids is 1. The van der Waals surface area contributed by atoms with Crippen molar-refractivity contribution in [3.05, 3.63) is 35.4 Å². The van der Waals surface area contributed by atoms with Crippen LogP contribution in [0.4, 0.5) is 0 Å². The van der Waals surface area contributed by atoms with Gasteiger partial charge in [0.05, 0.1) is 5.41 Å². The summed E-state index contributed by atoms with van der Waals surface area (Å²) in [5.41, 5.74) is 1.28. The van der Waals surface area contributed by atoms with Crippen LogP contribution in [-0.2, 0) is 4.79 Å². The van der Waals surface area contributed by atoms with Gasteiger partial charge in [-0.3, -0.25) is 9.59 Å². The van der Waals surface area contributed by atoms with E-state index in [1.54, 1.807) is 0 Å². The molecule has 1 N–H and O–H groups in total. The summed E-state index contributed by atoms with van der Waals surface area (Å²) in [4.78, 5) is 22.2. The molecule has 1 aliphatic rings. The van der Waals surface area contributed by atoms with E-state index in [0.717, 1.165) is 44.0 Å². The number of benzene rings is 1. The highest BCUT2D eigenvalue weighted by Crippen LogP contribution is 2.49. The summed E-state index contributed by atoms with van der Waals surface area (Å²) in [6.45, 7) is 2.04. The van der Waals surface area contributed by atoms with E-state index in [1.807, 2.05) is 31.2 Å². The third kappa shape index (κ3) is 2.70. The highest BCUT2D eigenvalue weighted by molar-refractivity contribution is 5.76. The van der Waals surface area contributed by atoms with Crippen molar-refractivity contribution in [2.75, 3.05) is 0 Å². The summed E-state index contributed by atoms with van der Waals surface area (Å²) in [5, 5.41) is 9.50. The molecule has 2 atom stereocenters. The zero-order valence-corrected chi connectivity index (χ0v) is 11.3. The Morgan fingerprint density at radius 2 is 2.11 bits per heavy atom. The van der Waals surface area contributed by atoms with Gasteiger partial charge in [-0.05, 0) is 37.2 Å². The molecule has 0 bridgehead atoms. The van der Waals surface area contributed by atoms with Crippen LogP contribution in [0.25, 0.3) is 0 Å². The zero-order valence-electron chi connectivity index (χ0n) is 11.3. The van der Waals surface area contributed by atoms with Gasteiger partial charge in [0.2, 0.25) is 0 Å². The Kier molecular flexibility index (Phi) is 4.03. The maximum absolute atomic E-state index is 11.5. The summed E-state index contributed by atoms with van der Waals surface area (Å²) in [7, 11) is 0. The third-order valence-corrected chi connectivity index (χ3v) is 4.33. The normalized spacial score (nSPS) is 26.3. The van der Waals surface area contributed by atoms with E-state index < -0.39 is 11.4 Å². The van der Waals surface area contributed by atoms with Gasteiger partial charge in [-0.2, -0.15) is 0 Å². The van der Waals surface area contributed by atoms with E-state index in [0.29, 0.717) is 11.5 Å². The molecule has 2 unspecified atom stereocenters. The van der Waals surface area contributed by atoms with Crippen LogP contribution < -0.4 is 0 Å². The minimum atomic E-state index is -0.652. The van der Waals surface area contributed by atoms with Crippen molar-refractivity contribution in [3.63, 3.8) is 0 Å². The summed E-state index contributed by atoms with van der Waals surface area (Å²) in [6.07, 6.45) is 4.89. The average Bonchev–Trinajstić information content (AvgIpc) is 2.85. The molecule has 19 heavy (non-hydrogen) atoms. The van der Waals surface area contributed by atoms with Gasteiger partial charge < -0.3 is 5.11 Å². The van der Waals surface area contributed by atoms with Crippen molar-refractivity contribution < 1.29 is 14.7 Å². The van der Waals surface area contributed by atoms with Crippen molar-refractivity contribution in [2.45, 2.75) is 44.9 Å². The molecule has 1 fully saturated rings. The first-order chi connectivity index (χ1) is 9.11. The number of aldehydes is 1. The Hall–Kier alpha value is -1.64. The molecule has 0 amide bonds. The van der Waals surface area contributed by atoms with Crippen LogP contribution >= 0.6 is 0 Å². The fraction of sp³-hybridized carbons (Fsp3) is 0.500. The molecule has 1 aromatic carbocycles. The topological polar surface area (TPSA) is 54.4 Å². The molecule has 3 heteroatoms. The molecule has 0 aromatic heterocycles. The first-order valence-electron chi connectivity index (χ1n) is 6.90. The summed E-state index contributed by atoms with van der Waals surface area (Å²) in [6, 6.07) is 7.53. The Morgan fingerprint density at radius 1 is 1.42 bits per heavy atom. The van der Waals surface area contributed by atoms with Gasteiger partial charge in [0.1, 0.15) is 6.29 Å². The van der Waals surface area contributed by atoms with E-state index in [1.165, 1.54) is 0 Å². The molecular weight excluding hydrogens is 240 g/mol. The fourth-order valence-corrected chi connectivity index (χ4v) is 3.26. The molecule has 1 saturated carbocycles. The summed E-state index contributed by atoms with van der Waals surface area (Å²) < 4.78 is 0. The number of carboxylic acids is 1. The SMILES string of the molecule is CCCC1(C(=O)O)CCC(c2ccc(C=O)cc2)C1. The van der Waals surface area contributed by atoms with Crippen LogP contribution in [0.1, 0.15) is 60.9 Å². The summed E-state index contributed by atoms with van der Waals surface area (Å²) >= 11 is 0. The monoisotopic (exact) mass is 260 g/mol. The van der Waals surface area contributed by atoms with E-state index in [2.05, 4.69) is 0 Å². The van der Waals surface area contributed by atoms with Crippen LogP contribution in [0.15, 0.2) is 24.3 Å². The van der Waals surface area contributed by atoms with Crippen molar-refractivity contribution in [1.82, 2.24) is 0 Å². The molecule has 0 saturated heterocycles. The predicted molar refractivity (Wildman–Crippen MR) is 73.4 cm³/mol. The Morgan fingerprint density at radius 3 is 2.63 bits per heavy atom. The smallest absolute Gasteiger partial charge is 0.309 e. The van der Waals surface area contributed by atoms with Gasteiger partial charge in [-0.15, -0.1) is 0 Å². The van der Waals surface area contributed by atoms with Crippen LogP contribution in [0, 0.1) is 5.41 Å². The van der Waals surface area contributed by atoms with Crippen LogP contribution in [0.5, 0.6) is 0 Å². The molecule has 0 spiro atoms. The lowest BCUT2D eigenvalue weighted by atomic mass is 9.80. The van der Waals surface area contributed by atoms with Gasteiger partial charge in [-0.25, -0.2) is 0 Å². The number of carboxylic acid groups (broad SMARTS) is 1. The molecule has 1 aliphatic carbocycles. The van der Waals surface area contributed by atoms with Crippen LogP contribution in [-0.4, -0.2) is 17.4 Å². The zero-order chi connectivity index (χ0) is 13.9. The second-order valence-electron chi connectivity index (χ2n) is 5.56. The predicted octanol–water partition coefficient (Wildman–Crippen LogP) is 3.64. The molecule has 0 heterocycles. The highest BCUT2D eigenvalue weighted by atomic mass is 16.4. The fourth-order valence-electron chi connectivity index (χ4n) is 3.26. The largest absolute Gasteiger partial charge is 0.481 e. The second kappa shape index (κ2) is 5.55. The van der Waals surface area contributed by atoms with Gasteiger partial charge in [0.25, 0.3) is 0 Å². The van der Waals surface area contributed by atoms with Gasteiger partial charge in [-0.1, -0.05) is 37.6 Å². The minimum Gasteiger partial charge on any atom is -0.481 e.